The Labute approximate surface area is 84.7 Å². The predicted octanol–water partition coefficient (Wildman–Crippen LogP) is 1.11. The Bertz CT molecular complexity index is 286. The van der Waals surface area contributed by atoms with Crippen LogP contribution < -0.4 is 5.73 Å². The normalized spacial score (nSPS) is 18.1. The molecule has 0 spiro atoms. The molecule has 0 aliphatic heterocycles. The van der Waals surface area contributed by atoms with Crippen LogP contribution in [0.3, 0.4) is 0 Å². The molecule has 1 aliphatic carbocycles. The Kier molecular flexibility index (Phi) is 2.85. The van der Waals surface area contributed by atoms with Gasteiger partial charge in [0, 0.05) is 6.54 Å². The van der Waals surface area contributed by atoms with E-state index < -0.39 is 0 Å². The predicted molar refractivity (Wildman–Crippen MR) is 57.0 cm³/mol. The number of aliphatic hydroxyl groups excluding tert-OH is 1. The second-order valence-electron chi connectivity index (χ2n) is 4.17. The summed E-state index contributed by atoms with van der Waals surface area (Å²) in [5, 5.41) is 9.47. The molecule has 0 bridgehead atoms. The lowest BCUT2D eigenvalue weighted by Crippen LogP contribution is -2.23. The summed E-state index contributed by atoms with van der Waals surface area (Å²) in [5.74, 6) is 0.589. The zero-order valence-electron chi connectivity index (χ0n) is 8.32. The number of rotatable bonds is 3. The van der Waals surface area contributed by atoms with E-state index in [2.05, 4.69) is 24.3 Å². The van der Waals surface area contributed by atoms with Crippen LogP contribution in [0, 0.1) is 5.92 Å². The van der Waals surface area contributed by atoms with Gasteiger partial charge in [0.1, 0.15) is 0 Å². The van der Waals surface area contributed by atoms with Crippen LogP contribution in [0.1, 0.15) is 17.5 Å². The van der Waals surface area contributed by atoms with E-state index in [0.717, 1.165) is 19.3 Å². The van der Waals surface area contributed by atoms with E-state index >= 15 is 0 Å². The van der Waals surface area contributed by atoms with E-state index in [9.17, 15) is 5.11 Å². The maximum absolute atomic E-state index is 9.47. The highest BCUT2D eigenvalue weighted by Gasteiger charge is 2.22. The molecule has 0 amide bonds. The van der Waals surface area contributed by atoms with Crippen molar-refractivity contribution in [1.29, 1.82) is 0 Å². The lowest BCUT2D eigenvalue weighted by Gasteiger charge is -2.12. The first-order chi connectivity index (χ1) is 6.79. The van der Waals surface area contributed by atoms with Crippen LogP contribution in [0.5, 0.6) is 0 Å². The molecule has 0 saturated carbocycles. The number of hydrogen-bond donors (Lipinski definition) is 2. The first-order valence-electron chi connectivity index (χ1n) is 5.24. The summed E-state index contributed by atoms with van der Waals surface area (Å²) in [4.78, 5) is 0. The number of hydrogen-bond acceptors (Lipinski definition) is 2. The average molecular weight is 191 g/mol. The van der Waals surface area contributed by atoms with E-state index in [1.165, 1.54) is 11.1 Å². The molecular weight excluding hydrogens is 174 g/mol. The Morgan fingerprint density at radius 2 is 1.86 bits per heavy atom. The maximum atomic E-state index is 9.47. The van der Waals surface area contributed by atoms with E-state index in [-0.39, 0.29) is 6.10 Å². The fourth-order valence-corrected chi connectivity index (χ4v) is 2.30. The molecule has 76 valence electrons. The van der Waals surface area contributed by atoms with Crippen molar-refractivity contribution < 1.29 is 5.11 Å². The minimum absolute atomic E-state index is 0.325. The molecule has 0 aromatic heterocycles. The Morgan fingerprint density at radius 3 is 2.36 bits per heavy atom. The number of nitrogens with two attached hydrogens (primary N) is 1. The van der Waals surface area contributed by atoms with E-state index in [4.69, 9.17) is 5.73 Å². The van der Waals surface area contributed by atoms with Crippen LogP contribution in [0.2, 0.25) is 0 Å². The summed E-state index contributed by atoms with van der Waals surface area (Å²) in [6.07, 6.45) is 2.72. The van der Waals surface area contributed by atoms with Gasteiger partial charge in [-0.15, -0.1) is 0 Å². The van der Waals surface area contributed by atoms with Crippen molar-refractivity contribution in [3.05, 3.63) is 35.4 Å². The first kappa shape index (κ1) is 9.69. The van der Waals surface area contributed by atoms with Crippen LogP contribution in [-0.2, 0) is 12.8 Å². The van der Waals surface area contributed by atoms with E-state index in [1.807, 2.05) is 0 Å². The van der Waals surface area contributed by atoms with Gasteiger partial charge in [-0.05, 0) is 36.3 Å². The fourth-order valence-electron chi connectivity index (χ4n) is 2.30. The fraction of sp³-hybridized carbons (Fsp3) is 0.500. The lowest BCUT2D eigenvalue weighted by atomic mass is 9.98. The van der Waals surface area contributed by atoms with Crippen LogP contribution in [0.4, 0.5) is 0 Å². The SMILES string of the molecule is NCC(O)CC1Cc2ccccc2C1. The standard InChI is InChI=1S/C12H17NO/c13-8-12(14)7-9-5-10-3-1-2-4-11(10)6-9/h1-4,9,12,14H,5-8,13H2. The third-order valence-corrected chi connectivity index (χ3v) is 3.01. The molecule has 0 heterocycles. The molecule has 1 aromatic rings. The summed E-state index contributed by atoms with van der Waals surface area (Å²) < 4.78 is 0. The minimum atomic E-state index is -0.325. The molecule has 14 heavy (non-hydrogen) atoms. The molecule has 0 saturated heterocycles. The summed E-state index contributed by atoms with van der Waals surface area (Å²) in [6.45, 7) is 0.382. The third kappa shape index (κ3) is 1.97. The van der Waals surface area contributed by atoms with Gasteiger partial charge in [-0.1, -0.05) is 24.3 Å². The van der Waals surface area contributed by atoms with Gasteiger partial charge in [0.05, 0.1) is 6.10 Å². The van der Waals surface area contributed by atoms with E-state index in [1.54, 1.807) is 0 Å². The summed E-state index contributed by atoms with van der Waals surface area (Å²) >= 11 is 0. The van der Waals surface area contributed by atoms with Gasteiger partial charge in [0.25, 0.3) is 0 Å². The smallest absolute Gasteiger partial charge is 0.0665 e. The summed E-state index contributed by atoms with van der Waals surface area (Å²) in [5.41, 5.74) is 8.30. The number of aliphatic hydroxyl groups is 1. The maximum Gasteiger partial charge on any atom is 0.0665 e. The van der Waals surface area contributed by atoms with Crippen molar-refractivity contribution in [2.45, 2.75) is 25.4 Å². The van der Waals surface area contributed by atoms with Gasteiger partial charge in [0.2, 0.25) is 0 Å². The molecule has 1 aliphatic rings. The summed E-state index contributed by atoms with van der Waals surface area (Å²) in [6, 6.07) is 8.54. The third-order valence-electron chi connectivity index (χ3n) is 3.01. The van der Waals surface area contributed by atoms with Gasteiger partial charge in [-0.3, -0.25) is 0 Å². The van der Waals surface area contributed by atoms with Crippen LogP contribution >= 0.6 is 0 Å². The highest BCUT2D eigenvalue weighted by atomic mass is 16.3. The number of fused-ring (bicyclic) bond motifs is 1. The molecule has 2 rings (SSSR count). The molecule has 2 nitrogen and oxygen atoms in total. The second-order valence-corrected chi connectivity index (χ2v) is 4.17. The zero-order valence-corrected chi connectivity index (χ0v) is 8.32. The van der Waals surface area contributed by atoms with Crippen molar-refractivity contribution in [3.63, 3.8) is 0 Å². The second kappa shape index (κ2) is 4.11. The van der Waals surface area contributed by atoms with Crippen molar-refractivity contribution in [2.24, 2.45) is 11.7 Å². The molecule has 1 unspecified atom stereocenters. The molecule has 1 aromatic carbocycles. The van der Waals surface area contributed by atoms with Gasteiger partial charge >= 0.3 is 0 Å². The highest BCUT2D eigenvalue weighted by molar-refractivity contribution is 5.32. The quantitative estimate of drug-likeness (QED) is 0.752. The molecule has 0 radical (unpaired) electrons. The van der Waals surface area contributed by atoms with Gasteiger partial charge < -0.3 is 10.8 Å². The molecular formula is C12H17NO. The molecule has 2 heteroatoms. The van der Waals surface area contributed by atoms with Crippen LogP contribution in [0.15, 0.2) is 24.3 Å². The van der Waals surface area contributed by atoms with Crippen LogP contribution in [0.25, 0.3) is 0 Å². The van der Waals surface area contributed by atoms with Crippen molar-refractivity contribution in [2.75, 3.05) is 6.54 Å². The molecule has 0 fully saturated rings. The van der Waals surface area contributed by atoms with Crippen molar-refractivity contribution >= 4 is 0 Å². The number of benzene rings is 1. The Morgan fingerprint density at radius 1 is 1.29 bits per heavy atom. The zero-order chi connectivity index (χ0) is 9.97. The molecule has 1 atom stereocenters. The minimum Gasteiger partial charge on any atom is -0.392 e. The Balaban J connectivity index is 1.98. The first-order valence-corrected chi connectivity index (χ1v) is 5.24. The lowest BCUT2D eigenvalue weighted by molar-refractivity contribution is 0.151. The van der Waals surface area contributed by atoms with Gasteiger partial charge in [-0.25, -0.2) is 0 Å². The van der Waals surface area contributed by atoms with Crippen molar-refractivity contribution in [1.82, 2.24) is 0 Å². The monoisotopic (exact) mass is 191 g/mol. The summed E-state index contributed by atoms with van der Waals surface area (Å²) in [7, 11) is 0. The van der Waals surface area contributed by atoms with Crippen molar-refractivity contribution in [3.8, 4) is 0 Å². The average Bonchev–Trinajstić information content (AvgIpc) is 2.59. The highest BCUT2D eigenvalue weighted by Crippen LogP contribution is 2.29. The Hall–Kier alpha value is -0.860. The van der Waals surface area contributed by atoms with Crippen LogP contribution in [-0.4, -0.2) is 17.8 Å². The van der Waals surface area contributed by atoms with Gasteiger partial charge in [-0.2, -0.15) is 0 Å². The van der Waals surface area contributed by atoms with E-state index in [0.29, 0.717) is 12.5 Å². The molecule has 3 N–H and O–H groups in total. The largest absolute Gasteiger partial charge is 0.392 e. The topological polar surface area (TPSA) is 46.2 Å². The van der Waals surface area contributed by atoms with Gasteiger partial charge in [0.15, 0.2) is 0 Å².